The molecule has 0 aliphatic carbocycles. The molecule has 0 radical (unpaired) electrons. The second kappa shape index (κ2) is 17.2. The van der Waals surface area contributed by atoms with Crippen LogP contribution in [0.4, 0.5) is 0 Å². The van der Waals surface area contributed by atoms with Crippen molar-refractivity contribution in [3.63, 3.8) is 0 Å². The van der Waals surface area contributed by atoms with E-state index in [0.29, 0.717) is 5.56 Å². The van der Waals surface area contributed by atoms with Crippen molar-refractivity contribution in [3.8, 4) is 11.8 Å². The fourth-order valence-electron chi connectivity index (χ4n) is 1.48. The molecule has 0 aliphatic heterocycles. The van der Waals surface area contributed by atoms with Crippen molar-refractivity contribution in [3.05, 3.63) is 48.6 Å². The molecule has 0 aliphatic rings. The van der Waals surface area contributed by atoms with Crippen molar-refractivity contribution in [2.45, 2.75) is 40.4 Å². The number of benzene rings is 1. The Labute approximate surface area is 135 Å². The highest BCUT2D eigenvalue weighted by Crippen LogP contribution is 2.03. The Morgan fingerprint density at radius 3 is 2.27 bits per heavy atom. The maximum atomic E-state index is 10.4. The highest BCUT2D eigenvalue weighted by atomic mass is 16.7. The van der Waals surface area contributed by atoms with Gasteiger partial charge >= 0.3 is 0 Å². The van der Waals surface area contributed by atoms with Crippen LogP contribution in [-0.4, -0.2) is 25.8 Å². The van der Waals surface area contributed by atoms with E-state index in [0.717, 1.165) is 31.5 Å². The Kier molecular flexibility index (Phi) is 17.5. The molecule has 3 nitrogen and oxygen atoms in total. The van der Waals surface area contributed by atoms with Gasteiger partial charge in [0.1, 0.15) is 6.29 Å². The van der Waals surface area contributed by atoms with E-state index in [4.69, 9.17) is 9.47 Å². The maximum Gasteiger partial charge on any atom is 0.154 e. The van der Waals surface area contributed by atoms with Gasteiger partial charge in [-0.3, -0.25) is 4.79 Å². The summed E-state index contributed by atoms with van der Waals surface area (Å²) >= 11 is 0. The topological polar surface area (TPSA) is 35.5 Å². The number of hydrogen-bond acceptors (Lipinski definition) is 3. The second-order valence-corrected chi connectivity index (χ2v) is 3.94. The van der Waals surface area contributed by atoms with Crippen molar-refractivity contribution in [1.82, 2.24) is 0 Å². The van der Waals surface area contributed by atoms with Crippen LogP contribution in [0, 0.1) is 11.8 Å². The zero-order valence-corrected chi connectivity index (χ0v) is 14.2. The number of hydrogen-bond donors (Lipinski definition) is 0. The van der Waals surface area contributed by atoms with Crippen LogP contribution in [0.5, 0.6) is 0 Å². The summed E-state index contributed by atoms with van der Waals surface area (Å²) in [6.45, 7) is 15.1. The van der Waals surface area contributed by atoms with E-state index in [-0.39, 0.29) is 6.29 Å². The van der Waals surface area contributed by atoms with Gasteiger partial charge in [-0.25, -0.2) is 0 Å². The molecule has 122 valence electrons. The molecule has 1 aromatic carbocycles. The minimum Gasteiger partial charge on any atom is -0.353 e. The van der Waals surface area contributed by atoms with Crippen molar-refractivity contribution in [2.75, 3.05) is 13.2 Å². The molecule has 0 N–H and O–H groups in total. The largest absolute Gasteiger partial charge is 0.353 e. The summed E-state index contributed by atoms with van der Waals surface area (Å²) in [6, 6.07) is 7.49. The first kappa shape index (κ1) is 22.4. The van der Waals surface area contributed by atoms with E-state index in [9.17, 15) is 4.79 Å². The first-order chi connectivity index (χ1) is 10.7. The van der Waals surface area contributed by atoms with Crippen molar-refractivity contribution in [2.24, 2.45) is 0 Å². The molecule has 1 aromatic rings. The standard InChI is InChI=1S/C11H10O.C6H14O2.C2H4/c1-2-3-5-10-6-4-7-11(8-10)9-12;1-4-7-6(3)8-5-2;1-2/h4,6-9H,5H2,1H3;6H,4-5H2,1-3H3;1-2H2. The lowest BCUT2D eigenvalue weighted by atomic mass is 10.1. The van der Waals surface area contributed by atoms with Gasteiger partial charge in [-0.1, -0.05) is 24.1 Å². The summed E-state index contributed by atoms with van der Waals surface area (Å²) in [5.41, 5.74) is 1.80. The lowest BCUT2D eigenvalue weighted by molar-refractivity contribution is -0.123. The average Bonchev–Trinajstić information content (AvgIpc) is 2.56. The van der Waals surface area contributed by atoms with E-state index in [1.165, 1.54) is 0 Å². The Bertz CT molecular complexity index is 437. The minimum atomic E-state index is -0.0370. The Balaban J connectivity index is 0. The molecule has 0 saturated carbocycles. The van der Waals surface area contributed by atoms with Gasteiger partial charge in [-0.05, 0) is 39.3 Å². The van der Waals surface area contributed by atoms with Crippen LogP contribution in [0.3, 0.4) is 0 Å². The number of carbonyl (C=O) groups is 1. The van der Waals surface area contributed by atoms with Gasteiger partial charge in [0.25, 0.3) is 0 Å². The van der Waals surface area contributed by atoms with Crippen molar-refractivity contribution >= 4 is 6.29 Å². The Hall–Kier alpha value is -1.89. The predicted molar refractivity (Wildman–Crippen MR) is 93.0 cm³/mol. The Morgan fingerprint density at radius 1 is 1.23 bits per heavy atom. The third-order valence-corrected chi connectivity index (χ3v) is 2.36. The van der Waals surface area contributed by atoms with E-state index >= 15 is 0 Å². The van der Waals surface area contributed by atoms with Gasteiger partial charge in [0.05, 0.1) is 0 Å². The van der Waals surface area contributed by atoms with Crippen LogP contribution >= 0.6 is 0 Å². The van der Waals surface area contributed by atoms with Gasteiger partial charge in [0.15, 0.2) is 6.29 Å². The zero-order valence-electron chi connectivity index (χ0n) is 14.2. The molecule has 0 heterocycles. The average molecular weight is 304 g/mol. The highest BCUT2D eigenvalue weighted by molar-refractivity contribution is 5.74. The molecule has 0 bridgehead atoms. The lowest BCUT2D eigenvalue weighted by Crippen LogP contribution is -2.11. The summed E-state index contributed by atoms with van der Waals surface area (Å²) < 4.78 is 10.1. The van der Waals surface area contributed by atoms with E-state index in [1.54, 1.807) is 6.07 Å². The number of carbonyl (C=O) groups excluding carboxylic acids is 1. The molecule has 0 fully saturated rings. The molecule has 1 rings (SSSR count). The molecular formula is C19H28O3. The molecule has 0 atom stereocenters. The summed E-state index contributed by atoms with van der Waals surface area (Å²) in [6.07, 6.45) is 1.53. The normalized spacial score (nSPS) is 8.59. The van der Waals surface area contributed by atoms with Crippen molar-refractivity contribution < 1.29 is 14.3 Å². The maximum absolute atomic E-state index is 10.4. The molecule has 22 heavy (non-hydrogen) atoms. The fourth-order valence-corrected chi connectivity index (χ4v) is 1.48. The summed E-state index contributed by atoms with van der Waals surface area (Å²) in [5.74, 6) is 5.77. The van der Waals surface area contributed by atoms with Crippen LogP contribution in [0.1, 0.15) is 43.6 Å². The number of rotatable bonds is 6. The molecule has 3 heteroatoms. The molecule has 0 saturated heterocycles. The quantitative estimate of drug-likeness (QED) is 0.341. The minimum absolute atomic E-state index is 0.0370. The predicted octanol–water partition coefficient (Wildman–Crippen LogP) is 4.27. The first-order valence-electron chi connectivity index (χ1n) is 7.34. The van der Waals surface area contributed by atoms with Gasteiger partial charge in [0.2, 0.25) is 0 Å². The zero-order chi connectivity index (χ0) is 17.2. The summed E-state index contributed by atoms with van der Waals surface area (Å²) in [5, 5.41) is 0. The van der Waals surface area contributed by atoms with Crippen LogP contribution in [0.25, 0.3) is 0 Å². The van der Waals surface area contributed by atoms with Gasteiger partial charge < -0.3 is 9.47 Å². The molecule has 0 amide bonds. The van der Waals surface area contributed by atoms with Crippen LogP contribution < -0.4 is 0 Å². The number of aldehydes is 1. The van der Waals surface area contributed by atoms with Gasteiger partial charge in [-0.2, -0.15) is 0 Å². The third kappa shape index (κ3) is 13.1. The fraction of sp³-hybridized carbons (Fsp3) is 0.421. The monoisotopic (exact) mass is 304 g/mol. The Morgan fingerprint density at radius 2 is 1.82 bits per heavy atom. The molecule has 0 aromatic heterocycles. The SMILES string of the molecule is C=C.CC#CCc1cccc(C=O)c1.CCOC(C)OCC. The van der Waals surface area contributed by atoms with Crippen molar-refractivity contribution in [1.29, 1.82) is 0 Å². The van der Waals surface area contributed by atoms with Gasteiger partial charge in [0, 0.05) is 25.2 Å². The smallest absolute Gasteiger partial charge is 0.154 e. The summed E-state index contributed by atoms with van der Waals surface area (Å²) in [4.78, 5) is 10.4. The second-order valence-electron chi connectivity index (χ2n) is 3.94. The van der Waals surface area contributed by atoms with E-state index < -0.39 is 0 Å². The molecular weight excluding hydrogens is 276 g/mol. The lowest BCUT2D eigenvalue weighted by Gasteiger charge is -2.09. The van der Waals surface area contributed by atoms with Crippen LogP contribution in [-0.2, 0) is 15.9 Å². The van der Waals surface area contributed by atoms with Crippen LogP contribution in [0.15, 0.2) is 37.4 Å². The highest BCUT2D eigenvalue weighted by Gasteiger charge is 1.94. The molecule has 0 unspecified atom stereocenters. The van der Waals surface area contributed by atoms with Crippen LogP contribution in [0.2, 0.25) is 0 Å². The molecule has 0 spiro atoms. The summed E-state index contributed by atoms with van der Waals surface area (Å²) in [7, 11) is 0. The number of ether oxygens (including phenoxy) is 2. The first-order valence-corrected chi connectivity index (χ1v) is 7.34. The van der Waals surface area contributed by atoms with Gasteiger partial charge in [-0.15, -0.1) is 19.1 Å². The van der Waals surface area contributed by atoms with E-state index in [1.807, 2.05) is 45.9 Å². The third-order valence-electron chi connectivity index (χ3n) is 2.36. The van der Waals surface area contributed by atoms with E-state index in [2.05, 4.69) is 25.0 Å².